The Balaban J connectivity index is 2.17. The molecule has 0 amide bonds. The van der Waals surface area contributed by atoms with Crippen molar-refractivity contribution in [2.24, 2.45) is 11.7 Å². The average Bonchev–Trinajstić information content (AvgIpc) is 3.17. The molecule has 3 heterocycles. The van der Waals surface area contributed by atoms with Gasteiger partial charge >= 0.3 is 5.97 Å². The van der Waals surface area contributed by atoms with E-state index in [4.69, 9.17) is 22.0 Å². The van der Waals surface area contributed by atoms with Crippen molar-refractivity contribution in [3.8, 4) is 6.07 Å². The van der Waals surface area contributed by atoms with E-state index in [1.165, 1.54) is 16.9 Å². The maximum atomic E-state index is 12.5. The van der Waals surface area contributed by atoms with Gasteiger partial charge < -0.3 is 25.4 Å². The Kier molecular flexibility index (Phi) is 4.86. The Morgan fingerprint density at radius 2 is 2.43 bits per heavy atom. The molecule has 0 spiro atoms. The molecule has 1 aliphatic heterocycles. The van der Waals surface area contributed by atoms with Gasteiger partial charge in [0, 0.05) is 0 Å². The minimum absolute atomic E-state index is 0.0156. The lowest BCUT2D eigenvalue weighted by Crippen LogP contribution is -2.48. The number of hydrogen-bond acceptors (Lipinski definition) is 9. The Bertz CT molecular complexity index is 1030. The van der Waals surface area contributed by atoms with Crippen LogP contribution in [0.1, 0.15) is 20.9 Å². The van der Waals surface area contributed by atoms with Crippen molar-refractivity contribution in [2.75, 3.05) is 6.61 Å². The molecule has 0 aliphatic carbocycles. The average molecular weight is 391 g/mol. The molecule has 1 aliphatic rings. The lowest BCUT2D eigenvalue weighted by atomic mass is 9.92. The largest absolute Gasteiger partial charge is 0.454 e. The number of ether oxygens (including phenoxy) is 2. The first-order valence-corrected chi connectivity index (χ1v) is 8.62. The lowest BCUT2D eigenvalue weighted by Gasteiger charge is -2.29. The summed E-state index contributed by atoms with van der Waals surface area (Å²) < 4.78 is 20.4. The predicted octanol–water partition coefficient (Wildman–Crippen LogP) is -1.49. The number of H-pyrrole nitrogens is 1. The first kappa shape index (κ1) is 18.6. The molecule has 6 N–H and O–H groups in total. The van der Waals surface area contributed by atoms with E-state index in [1.807, 2.05) is 6.07 Å². The number of aromatic nitrogens is 3. The van der Waals surface area contributed by atoms with Crippen LogP contribution in [-0.4, -0.2) is 61.7 Å². The molecule has 11 nitrogen and oxygen atoms in total. The van der Waals surface area contributed by atoms with Crippen LogP contribution < -0.4 is 11.2 Å². The van der Waals surface area contributed by atoms with Gasteiger partial charge in [-0.15, -0.1) is 0 Å². The van der Waals surface area contributed by atoms with E-state index in [9.17, 15) is 20.3 Å². The van der Waals surface area contributed by atoms with Crippen LogP contribution in [0.2, 0.25) is 0 Å². The van der Waals surface area contributed by atoms with Crippen LogP contribution in [0, 0.1) is 22.7 Å². The van der Waals surface area contributed by atoms with Crippen molar-refractivity contribution < 1.29 is 25.9 Å². The van der Waals surface area contributed by atoms with Crippen LogP contribution in [0.5, 0.6) is 0 Å². The zero-order valence-corrected chi connectivity index (χ0v) is 15.3. The van der Waals surface area contributed by atoms with Gasteiger partial charge in [0.2, 0.25) is 5.60 Å². The maximum absolute atomic E-state index is 12.5. The van der Waals surface area contributed by atoms with Crippen molar-refractivity contribution in [3.63, 3.8) is 0 Å². The third-order valence-corrected chi connectivity index (χ3v) is 4.80. The topological polar surface area (TPSA) is 183 Å². The molecule has 0 radical (unpaired) electrons. The highest BCUT2D eigenvalue weighted by atomic mass is 16.6. The summed E-state index contributed by atoms with van der Waals surface area (Å²) in [5.41, 5.74) is 3.62. The zero-order valence-electron chi connectivity index (χ0n) is 16.3. The summed E-state index contributed by atoms with van der Waals surface area (Å²) in [6.45, 7) is 2.79. The first-order valence-electron chi connectivity index (χ1n) is 9.12. The van der Waals surface area contributed by atoms with Crippen molar-refractivity contribution in [1.29, 1.82) is 10.7 Å². The smallest absolute Gasteiger partial charge is 0.323 e. The van der Waals surface area contributed by atoms with Crippen molar-refractivity contribution in [2.45, 2.75) is 43.8 Å². The van der Waals surface area contributed by atoms with Crippen LogP contribution in [0.25, 0.3) is 5.52 Å². The normalized spacial score (nSPS) is 28.9. The Morgan fingerprint density at radius 3 is 3.04 bits per heavy atom. The lowest BCUT2D eigenvalue weighted by molar-refractivity contribution is -0.162. The molecule has 150 valence electrons. The fourth-order valence-electron chi connectivity index (χ4n) is 3.12. The molecule has 1 fully saturated rings. The van der Waals surface area contributed by atoms with E-state index >= 15 is 0 Å². The minimum atomic E-state index is -2.06. The van der Waals surface area contributed by atoms with Crippen molar-refractivity contribution >= 4 is 11.5 Å². The van der Waals surface area contributed by atoms with E-state index < -0.39 is 42.5 Å². The van der Waals surface area contributed by atoms with E-state index in [2.05, 4.69) is 10.1 Å². The number of carbonyl (C=O) groups is 1. The molecule has 3 rings (SSSR count). The van der Waals surface area contributed by atoms with Crippen LogP contribution in [0.3, 0.4) is 0 Å². The summed E-state index contributed by atoms with van der Waals surface area (Å²) in [6, 6.07) is 2.05. The zero-order chi connectivity index (χ0) is 21.5. The quantitative estimate of drug-likeness (QED) is 0.382. The predicted molar refractivity (Wildman–Crippen MR) is 93.3 cm³/mol. The number of nitrogens with two attached hydrogens (primary N) is 1. The van der Waals surface area contributed by atoms with Gasteiger partial charge in [0.15, 0.2) is 11.6 Å². The summed E-state index contributed by atoms with van der Waals surface area (Å²) in [6.07, 6.45) is -3.09. The molecular weight excluding hydrogens is 368 g/mol. The van der Waals surface area contributed by atoms with Gasteiger partial charge in [-0.25, -0.2) is 4.98 Å². The molecule has 2 aromatic rings. The van der Waals surface area contributed by atoms with E-state index in [0.29, 0.717) is 0 Å². The molecule has 0 unspecified atom stereocenters. The van der Waals surface area contributed by atoms with E-state index in [0.717, 1.165) is 0 Å². The number of hydrogen-bond donors (Lipinski definition) is 5. The Labute approximate surface area is 161 Å². The summed E-state index contributed by atoms with van der Waals surface area (Å²) in [5.74, 6) is -1.10. The van der Waals surface area contributed by atoms with Crippen LogP contribution in [0.15, 0.2) is 18.4 Å². The second-order valence-electron chi connectivity index (χ2n) is 6.90. The highest BCUT2D eigenvalue weighted by molar-refractivity contribution is 5.76. The van der Waals surface area contributed by atoms with Gasteiger partial charge in [-0.1, -0.05) is 13.8 Å². The highest BCUT2D eigenvalue weighted by Crippen LogP contribution is 2.41. The number of carbonyl (C=O) groups excluding carboxylic acids is 1. The molecular formula is C17H22N6O5. The molecule has 28 heavy (non-hydrogen) atoms. The van der Waals surface area contributed by atoms with E-state index in [1.54, 1.807) is 13.8 Å². The number of aliphatic hydroxyl groups excluding tert-OH is 2. The summed E-state index contributed by atoms with van der Waals surface area (Å²) in [7, 11) is 0. The molecule has 11 heteroatoms. The van der Waals surface area contributed by atoms with Gasteiger partial charge in [-0.05, 0) is 18.0 Å². The number of nitriles is 1. The number of nitrogens with zero attached hydrogens (tertiary/aromatic N) is 3. The van der Waals surface area contributed by atoms with E-state index in [-0.39, 0.29) is 28.7 Å². The molecule has 2 aromatic heterocycles. The number of aliphatic hydroxyl groups is 2. The van der Waals surface area contributed by atoms with Crippen molar-refractivity contribution in [3.05, 3.63) is 29.6 Å². The number of nitrogens with one attached hydrogen (secondary N) is 2. The molecule has 5 atom stereocenters. The first-order chi connectivity index (χ1) is 13.7. The van der Waals surface area contributed by atoms with Crippen LogP contribution in [0.4, 0.5) is 0 Å². The van der Waals surface area contributed by atoms with Gasteiger partial charge in [0.05, 0.1) is 13.7 Å². The SMILES string of the molecule is [2H]c1cc([C@]2(C#N)O[C@H](CO)[C@@H](O)[C@H]2OC(=O)[C@@H](N)C(C)C)n2[nH]cnc(=N)c12. The second-order valence-corrected chi connectivity index (χ2v) is 6.90. The summed E-state index contributed by atoms with van der Waals surface area (Å²) >= 11 is 0. The fraction of sp³-hybridized carbons (Fsp3) is 0.529. The molecule has 0 bridgehead atoms. The number of aromatic amines is 1. The molecule has 0 saturated carbocycles. The highest BCUT2D eigenvalue weighted by Gasteiger charge is 2.60. The number of rotatable bonds is 5. The summed E-state index contributed by atoms with van der Waals surface area (Å²) in [4.78, 5) is 16.2. The monoisotopic (exact) mass is 391 g/mol. The Morgan fingerprint density at radius 1 is 1.71 bits per heavy atom. The molecule has 1 saturated heterocycles. The van der Waals surface area contributed by atoms with Crippen LogP contribution in [-0.2, 0) is 19.9 Å². The third kappa shape index (κ3) is 2.96. The standard InChI is InChI=1S/C17H22N6O5/c1-8(2)12(19)16(26)27-14-13(25)10(5-24)28-17(14,6-18)11-4-3-9-15(20)21-7-22-23(9)11/h3-4,7-8,10,12-14,24-25H,5,19H2,1-2H3,(H2,20,21,22)/t10-,12+,13-,14-,17+/m1/s1/i3D. The minimum Gasteiger partial charge on any atom is -0.454 e. The third-order valence-electron chi connectivity index (χ3n) is 4.80. The number of esters is 1. The van der Waals surface area contributed by atoms with Crippen molar-refractivity contribution in [1.82, 2.24) is 14.6 Å². The van der Waals surface area contributed by atoms with Gasteiger partial charge in [0.1, 0.15) is 36.2 Å². The maximum Gasteiger partial charge on any atom is 0.323 e. The second kappa shape index (κ2) is 7.33. The van der Waals surface area contributed by atoms with Gasteiger partial charge in [0.25, 0.3) is 0 Å². The Hall–Kier alpha value is -2.78. The summed E-state index contributed by atoms with van der Waals surface area (Å²) in [5, 5.41) is 40.8. The fourth-order valence-corrected chi connectivity index (χ4v) is 3.12. The van der Waals surface area contributed by atoms with Gasteiger partial charge in [-0.3, -0.25) is 19.8 Å². The molecule has 0 aromatic carbocycles. The van der Waals surface area contributed by atoms with Crippen LogP contribution >= 0.6 is 0 Å². The van der Waals surface area contributed by atoms with Gasteiger partial charge in [-0.2, -0.15) is 5.26 Å². The number of fused-ring (bicyclic) bond motifs is 1.